The zero-order valence-electron chi connectivity index (χ0n) is 9.00. The van der Waals surface area contributed by atoms with Gasteiger partial charge in [0.15, 0.2) is 0 Å². The largest absolute Gasteiger partial charge is 0.466 e. The molecule has 0 saturated heterocycles. The maximum atomic E-state index is 11.4. The third-order valence-corrected chi connectivity index (χ3v) is 2.78. The number of aliphatic imine (C=N–C) groups is 1. The maximum absolute atomic E-state index is 11.4. The number of carbonyl (C=O) groups is 1. The van der Waals surface area contributed by atoms with Crippen molar-refractivity contribution in [2.24, 2.45) is 4.99 Å². The van der Waals surface area contributed by atoms with Gasteiger partial charge in [0.25, 0.3) is 0 Å². The molecule has 0 aromatic rings. The van der Waals surface area contributed by atoms with Crippen molar-refractivity contribution < 1.29 is 9.53 Å². The highest BCUT2D eigenvalue weighted by Crippen LogP contribution is 2.21. The summed E-state index contributed by atoms with van der Waals surface area (Å²) in [5.41, 5.74) is 0.409. The molecule has 3 nitrogen and oxygen atoms in total. The lowest BCUT2D eigenvalue weighted by Gasteiger charge is -2.07. The van der Waals surface area contributed by atoms with Gasteiger partial charge in [-0.2, -0.15) is 0 Å². The van der Waals surface area contributed by atoms with Crippen LogP contribution in [-0.2, 0) is 9.53 Å². The summed E-state index contributed by atoms with van der Waals surface area (Å²) < 4.78 is 4.65. The van der Waals surface area contributed by atoms with Gasteiger partial charge in [0, 0.05) is 6.21 Å². The van der Waals surface area contributed by atoms with Crippen molar-refractivity contribution >= 4 is 35.4 Å². The Labute approximate surface area is 105 Å². The molecule has 88 valence electrons. The Bertz CT molecular complexity index is 359. The van der Waals surface area contributed by atoms with Crippen molar-refractivity contribution in [1.82, 2.24) is 0 Å². The molecule has 16 heavy (non-hydrogen) atoms. The molecule has 0 aromatic carbocycles. The molecule has 0 spiro atoms. The fourth-order valence-corrected chi connectivity index (χ4v) is 1.73. The molecule has 0 N–H and O–H groups in total. The van der Waals surface area contributed by atoms with Gasteiger partial charge in [0.1, 0.15) is 5.16 Å². The van der Waals surface area contributed by atoms with Crippen LogP contribution in [0.3, 0.4) is 0 Å². The van der Waals surface area contributed by atoms with E-state index in [1.54, 1.807) is 0 Å². The van der Waals surface area contributed by atoms with Crippen molar-refractivity contribution in [2.75, 3.05) is 7.11 Å². The summed E-state index contributed by atoms with van der Waals surface area (Å²) in [5, 5.41) is 0.685. The molecule has 1 heterocycles. The smallest absolute Gasteiger partial charge is 0.336 e. The molecule has 1 rings (SSSR count). The Balaban J connectivity index is 2.97. The van der Waals surface area contributed by atoms with Crippen molar-refractivity contribution in [3.63, 3.8) is 0 Å². The highest BCUT2D eigenvalue weighted by molar-refractivity contribution is 6.40. The molecule has 5 heteroatoms. The van der Waals surface area contributed by atoms with Gasteiger partial charge in [-0.15, -0.1) is 0 Å². The summed E-state index contributed by atoms with van der Waals surface area (Å²) >= 11 is 11.8. The highest BCUT2D eigenvalue weighted by atomic mass is 35.5. The van der Waals surface area contributed by atoms with Crippen LogP contribution in [0.2, 0.25) is 0 Å². The van der Waals surface area contributed by atoms with Gasteiger partial charge < -0.3 is 4.74 Å². The molecule has 0 saturated carbocycles. The van der Waals surface area contributed by atoms with Crippen molar-refractivity contribution in [2.45, 2.75) is 25.7 Å². The number of carbonyl (C=O) groups excluding carboxylic acids is 1. The van der Waals surface area contributed by atoms with Crippen LogP contribution in [0.1, 0.15) is 25.7 Å². The summed E-state index contributed by atoms with van der Waals surface area (Å²) in [6, 6.07) is 0. The number of hydrogen-bond donors (Lipinski definition) is 0. The summed E-state index contributed by atoms with van der Waals surface area (Å²) in [6.07, 6.45) is 6.59. The van der Waals surface area contributed by atoms with E-state index in [4.69, 9.17) is 23.2 Å². The molecule has 0 unspecified atom stereocenters. The van der Waals surface area contributed by atoms with Crippen LogP contribution in [0.15, 0.2) is 26.8 Å². The molecule has 1 aliphatic heterocycles. The predicted molar refractivity (Wildman–Crippen MR) is 65.8 cm³/mol. The molecule has 0 amide bonds. The molecular weight excluding hydrogens is 249 g/mol. The molecule has 0 fully saturated rings. The van der Waals surface area contributed by atoms with Crippen LogP contribution < -0.4 is 0 Å². The molecule has 0 radical (unpaired) electrons. The molecular formula is C11H13Cl2NO2. The quantitative estimate of drug-likeness (QED) is 0.536. The van der Waals surface area contributed by atoms with E-state index >= 15 is 0 Å². The van der Waals surface area contributed by atoms with E-state index in [9.17, 15) is 4.79 Å². The Kier molecular flexibility index (Phi) is 5.56. The van der Waals surface area contributed by atoms with E-state index in [0.29, 0.717) is 17.0 Å². The minimum absolute atomic E-state index is 0.153. The number of methoxy groups -OCH3 is 1. The Morgan fingerprint density at radius 2 is 2.19 bits per heavy atom. The van der Waals surface area contributed by atoms with Gasteiger partial charge in [-0.3, -0.25) is 0 Å². The first-order valence-electron chi connectivity index (χ1n) is 5.02. The van der Waals surface area contributed by atoms with E-state index in [0.717, 1.165) is 19.3 Å². The second-order valence-corrected chi connectivity index (χ2v) is 4.15. The normalized spacial score (nSPS) is 27.8. The number of hydrogen-bond acceptors (Lipinski definition) is 3. The fourth-order valence-electron chi connectivity index (χ4n) is 1.35. The van der Waals surface area contributed by atoms with Crippen molar-refractivity contribution in [3.05, 3.63) is 21.8 Å². The van der Waals surface area contributed by atoms with Gasteiger partial charge in [-0.1, -0.05) is 29.3 Å². The molecule has 0 atom stereocenters. The summed E-state index contributed by atoms with van der Waals surface area (Å²) in [7, 11) is 1.33. The lowest BCUT2D eigenvalue weighted by Crippen LogP contribution is -2.06. The minimum Gasteiger partial charge on any atom is -0.466 e. The Hall–Kier alpha value is -0.800. The number of esters is 1. The number of allylic oxidation sites excluding steroid dienone is 2. The van der Waals surface area contributed by atoms with Gasteiger partial charge in [-0.25, -0.2) is 9.79 Å². The zero-order chi connectivity index (χ0) is 12.0. The van der Waals surface area contributed by atoms with Crippen LogP contribution in [0.25, 0.3) is 0 Å². The molecule has 1 aliphatic rings. The van der Waals surface area contributed by atoms with Crippen LogP contribution >= 0.6 is 23.2 Å². The standard InChI is InChI=1S/C11H13Cl2NO2/c1-16-11(15)9-6-4-2-3-5-8(12)7-14-10(9)13/h5,7H,2-4,6H2,1H3/b8-5-,10-9+,14-7+. The summed E-state index contributed by atoms with van der Waals surface area (Å²) in [6.45, 7) is 0. The number of rotatable bonds is 1. The maximum Gasteiger partial charge on any atom is 0.336 e. The summed E-state index contributed by atoms with van der Waals surface area (Å²) in [4.78, 5) is 15.4. The lowest BCUT2D eigenvalue weighted by molar-refractivity contribution is -0.136. The van der Waals surface area contributed by atoms with Crippen LogP contribution in [0.5, 0.6) is 0 Å². The number of halogens is 2. The van der Waals surface area contributed by atoms with Crippen molar-refractivity contribution in [1.29, 1.82) is 0 Å². The third kappa shape index (κ3) is 3.99. The van der Waals surface area contributed by atoms with E-state index < -0.39 is 5.97 Å². The van der Waals surface area contributed by atoms with E-state index in [1.165, 1.54) is 13.3 Å². The highest BCUT2D eigenvalue weighted by Gasteiger charge is 2.14. The Morgan fingerprint density at radius 1 is 1.44 bits per heavy atom. The van der Waals surface area contributed by atoms with Gasteiger partial charge in [0.2, 0.25) is 0 Å². The van der Waals surface area contributed by atoms with Gasteiger partial charge in [0.05, 0.1) is 17.7 Å². The van der Waals surface area contributed by atoms with Gasteiger partial charge in [-0.05, 0) is 25.7 Å². The number of nitrogens with zero attached hydrogens (tertiary/aromatic N) is 1. The first-order chi connectivity index (χ1) is 7.65. The monoisotopic (exact) mass is 261 g/mol. The van der Waals surface area contributed by atoms with E-state index in [-0.39, 0.29) is 5.16 Å². The summed E-state index contributed by atoms with van der Waals surface area (Å²) in [5.74, 6) is -0.428. The molecule has 0 bridgehead atoms. The first kappa shape index (κ1) is 13.3. The predicted octanol–water partition coefficient (Wildman–Crippen LogP) is 3.38. The Morgan fingerprint density at radius 3 is 2.88 bits per heavy atom. The van der Waals surface area contributed by atoms with E-state index in [2.05, 4.69) is 9.73 Å². The fraction of sp³-hybridized carbons (Fsp3) is 0.455. The molecule has 0 aromatic heterocycles. The van der Waals surface area contributed by atoms with Crippen molar-refractivity contribution in [3.8, 4) is 0 Å². The lowest BCUT2D eigenvalue weighted by atomic mass is 10.1. The van der Waals surface area contributed by atoms with Crippen LogP contribution in [0, 0.1) is 0 Å². The SMILES string of the molecule is COC(=O)/C1=C(Cl)/N=C/C(Cl)=C/CCCC1. The topological polar surface area (TPSA) is 38.7 Å². The molecule has 0 aliphatic carbocycles. The average Bonchev–Trinajstić information content (AvgIpc) is 2.29. The third-order valence-electron chi connectivity index (χ3n) is 2.20. The second-order valence-electron chi connectivity index (χ2n) is 3.35. The average molecular weight is 262 g/mol. The van der Waals surface area contributed by atoms with Crippen LogP contribution in [-0.4, -0.2) is 19.3 Å². The second kappa shape index (κ2) is 6.71. The minimum atomic E-state index is -0.428. The van der Waals surface area contributed by atoms with Crippen LogP contribution in [0.4, 0.5) is 0 Å². The first-order valence-corrected chi connectivity index (χ1v) is 5.77. The van der Waals surface area contributed by atoms with Gasteiger partial charge >= 0.3 is 5.97 Å². The van der Waals surface area contributed by atoms with E-state index in [1.807, 2.05) is 6.08 Å². The number of ether oxygens (including phenoxy) is 1. The zero-order valence-corrected chi connectivity index (χ0v) is 10.5.